The smallest absolute Gasteiger partial charge is 0.346 e. The van der Waals surface area contributed by atoms with Gasteiger partial charge in [-0.25, -0.2) is 0 Å². The summed E-state index contributed by atoms with van der Waals surface area (Å²) in [4.78, 5) is 11.2. The molecule has 0 aliphatic heterocycles. The molecular weight excluding hydrogens is 257 g/mol. The Hall–Kier alpha value is -1.56. The van der Waals surface area contributed by atoms with Crippen molar-refractivity contribution in [2.24, 2.45) is 0 Å². The van der Waals surface area contributed by atoms with E-state index in [-0.39, 0.29) is 12.6 Å². The molecule has 19 heavy (non-hydrogen) atoms. The molecule has 6 heteroatoms. The van der Waals surface area contributed by atoms with Crippen molar-refractivity contribution in [3.05, 3.63) is 35.9 Å². The van der Waals surface area contributed by atoms with Crippen LogP contribution in [0.5, 0.6) is 0 Å². The number of halogens is 3. The Morgan fingerprint density at radius 1 is 1.26 bits per heavy atom. The van der Waals surface area contributed by atoms with Gasteiger partial charge in [-0.1, -0.05) is 30.3 Å². The third kappa shape index (κ3) is 4.55. The highest BCUT2D eigenvalue weighted by Crippen LogP contribution is 2.40. The molecule has 1 aromatic carbocycles. The quantitative estimate of drug-likeness (QED) is 0.858. The van der Waals surface area contributed by atoms with E-state index in [0.29, 0.717) is 5.92 Å². The van der Waals surface area contributed by atoms with Crippen LogP contribution in [0.15, 0.2) is 30.3 Å². The molecule has 2 atom stereocenters. The summed E-state index contributed by atoms with van der Waals surface area (Å²) in [6.07, 6.45) is -3.45. The summed E-state index contributed by atoms with van der Waals surface area (Å²) in [5.41, 5.74) is 1.19. The van der Waals surface area contributed by atoms with E-state index in [1.165, 1.54) is 5.56 Å². The van der Waals surface area contributed by atoms with Gasteiger partial charge >= 0.3 is 6.18 Å². The molecule has 1 aliphatic carbocycles. The molecular formula is C13H15F3N2O. The molecule has 1 aromatic rings. The fourth-order valence-electron chi connectivity index (χ4n) is 1.97. The highest BCUT2D eigenvalue weighted by Gasteiger charge is 2.38. The zero-order valence-electron chi connectivity index (χ0n) is 10.2. The van der Waals surface area contributed by atoms with Crippen LogP contribution < -0.4 is 10.6 Å². The Morgan fingerprint density at radius 2 is 1.95 bits per heavy atom. The first-order chi connectivity index (χ1) is 8.96. The zero-order chi connectivity index (χ0) is 13.9. The van der Waals surface area contributed by atoms with E-state index in [2.05, 4.69) is 5.32 Å². The Balaban J connectivity index is 1.67. The summed E-state index contributed by atoms with van der Waals surface area (Å²) in [6, 6.07) is 10.0. The van der Waals surface area contributed by atoms with E-state index in [1.54, 1.807) is 0 Å². The topological polar surface area (TPSA) is 41.1 Å². The first-order valence-electron chi connectivity index (χ1n) is 6.07. The molecule has 1 amide bonds. The van der Waals surface area contributed by atoms with Crippen LogP contribution >= 0.6 is 0 Å². The highest BCUT2D eigenvalue weighted by atomic mass is 19.4. The third-order valence-corrected chi connectivity index (χ3v) is 3.03. The second kappa shape index (κ2) is 5.61. The molecule has 0 saturated heterocycles. The Kier molecular flexibility index (Phi) is 4.09. The van der Waals surface area contributed by atoms with E-state index in [9.17, 15) is 18.0 Å². The van der Waals surface area contributed by atoms with Crippen LogP contribution in [0.2, 0.25) is 0 Å². The SMILES string of the molecule is O=C(CNC1CC1c1ccccc1)NCC(F)(F)F. The maximum Gasteiger partial charge on any atom is 0.405 e. The minimum Gasteiger partial charge on any atom is -0.346 e. The van der Waals surface area contributed by atoms with Gasteiger partial charge in [-0.3, -0.25) is 4.79 Å². The van der Waals surface area contributed by atoms with Gasteiger partial charge in [0.2, 0.25) is 5.91 Å². The first-order valence-corrected chi connectivity index (χ1v) is 6.07. The molecule has 2 unspecified atom stereocenters. The largest absolute Gasteiger partial charge is 0.405 e. The van der Waals surface area contributed by atoms with E-state index < -0.39 is 18.6 Å². The van der Waals surface area contributed by atoms with Gasteiger partial charge in [-0.15, -0.1) is 0 Å². The summed E-state index contributed by atoms with van der Waals surface area (Å²) >= 11 is 0. The number of alkyl halides is 3. The maximum absolute atomic E-state index is 11.9. The van der Waals surface area contributed by atoms with Crippen molar-refractivity contribution in [3.63, 3.8) is 0 Å². The molecule has 0 radical (unpaired) electrons. The molecule has 3 nitrogen and oxygen atoms in total. The van der Waals surface area contributed by atoms with Crippen LogP contribution in [-0.4, -0.2) is 31.2 Å². The lowest BCUT2D eigenvalue weighted by atomic mass is 10.1. The molecule has 104 valence electrons. The van der Waals surface area contributed by atoms with Gasteiger partial charge in [0.15, 0.2) is 0 Å². The molecule has 0 heterocycles. The minimum atomic E-state index is -4.36. The number of hydrogen-bond acceptors (Lipinski definition) is 2. The molecule has 1 aliphatic rings. The number of carbonyl (C=O) groups excluding carboxylic acids is 1. The molecule has 0 aromatic heterocycles. The summed E-state index contributed by atoms with van der Waals surface area (Å²) in [6.45, 7) is -1.36. The fraction of sp³-hybridized carbons (Fsp3) is 0.462. The average Bonchev–Trinajstić information content (AvgIpc) is 3.14. The number of hydrogen-bond donors (Lipinski definition) is 2. The van der Waals surface area contributed by atoms with E-state index in [0.717, 1.165) is 6.42 Å². The van der Waals surface area contributed by atoms with Crippen LogP contribution in [-0.2, 0) is 4.79 Å². The summed E-state index contributed by atoms with van der Waals surface area (Å²) in [5.74, 6) is -0.271. The number of carbonyl (C=O) groups is 1. The monoisotopic (exact) mass is 272 g/mol. The molecule has 0 bridgehead atoms. The van der Waals surface area contributed by atoms with Crippen LogP contribution in [0.4, 0.5) is 13.2 Å². The van der Waals surface area contributed by atoms with E-state index >= 15 is 0 Å². The zero-order valence-corrected chi connectivity index (χ0v) is 10.2. The number of amides is 1. The van der Waals surface area contributed by atoms with Crippen LogP contribution in [0, 0.1) is 0 Å². The molecule has 2 N–H and O–H groups in total. The van der Waals surface area contributed by atoms with Crippen LogP contribution in [0.1, 0.15) is 17.9 Å². The third-order valence-electron chi connectivity index (χ3n) is 3.03. The number of rotatable bonds is 5. The Bertz CT molecular complexity index is 433. The van der Waals surface area contributed by atoms with Crippen LogP contribution in [0.3, 0.4) is 0 Å². The van der Waals surface area contributed by atoms with Crippen molar-refractivity contribution in [1.29, 1.82) is 0 Å². The normalized spacial score (nSPS) is 22.1. The average molecular weight is 272 g/mol. The minimum absolute atomic E-state index is 0.0793. The van der Waals surface area contributed by atoms with Crippen molar-refractivity contribution in [2.75, 3.05) is 13.1 Å². The lowest BCUT2D eigenvalue weighted by Gasteiger charge is -2.09. The molecule has 2 rings (SSSR count). The number of benzene rings is 1. The Morgan fingerprint density at radius 3 is 2.58 bits per heavy atom. The second-order valence-corrected chi connectivity index (χ2v) is 4.63. The standard InChI is InChI=1S/C13H15F3N2O/c14-13(15,16)8-18-12(19)7-17-11-6-10(11)9-4-2-1-3-5-9/h1-5,10-11,17H,6-8H2,(H,18,19). The van der Waals surface area contributed by atoms with Gasteiger partial charge in [0, 0.05) is 12.0 Å². The molecule has 1 fully saturated rings. The van der Waals surface area contributed by atoms with Gasteiger partial charge in [0.05, 0.1) is 6.54 Å². The Labute approximate surface area is 109 Å². The van der Waals surface area contributed by atoms with Crippen molar-refractivity contribution in [3.8, 4) is 0 Å². The first kappa shape index (κ1) is 13.9. The number of nitrogens with one attached hydrogen (secondary N) is 2. The predicted molar refractivity (Wildman–Crippen MR) is 64.7 cm³/mol. The summed E-state index contributed by atoms with van der Waals surface area (Å²) < 4.78 is 35.6. The second-order valence-electron chi connectivity index (χ2n) is 4.63. The predicted octanol–water partition coefficient (Wildman–Crippen LogP) is 1.81. The van der Waals surface area contributed by atoms with Gasteiger partial charge in [-0.05, 0) is 12.0 Å². The van der Waals surface area contributed by atoms with Crippen molar-refractivity contribution in [2.45, 2.75) is 24.6 Å². The lowest BCUT2D eigenvalue weighted by Crippen LogP contribution is -2.39. The summed E-state index contributed by atoms with van der Waals surface area (Å²) in [5, 5.41) is 4.80. The van der Waals surface area contributed by atoms with Gasteiger partial charge in [-0.2, -0.15) is 13.2 Å². The van der Waals surface area contributed by atoms with Crippen molar-refractivity contribution >= 4 is 5.91 Å². The van der Waals surface area contributed by atoms with Crippen LogP contribution in [0.25, 0.3) is 0 Å². The highest BCUT2D eigenvalue weighted by molar-refractivity contribution is 5.78. The van der Waals surface area contributed by atoms with Gasteiger partial charge in [0.25, 0.3) is 0 Å². The molecule has 0 spiro atoms. The van der Waals surface area contributed by atoms with E-state index in [1.807, 2.05) is 35.6 Å². The van der Waals surface area contributed by atoms with E-state index in [4.69, 9.17) is 0 Å². The van der Waals surface area contributed by atoms with Crippen molar-refractivity contribution in [1.82, 2.24) is 10.6 Å². The molecule has 1 saturated carbocycles. The fourth-order valence-corrected chi connectivity index (χ4v) is 1.97. The summed E-state index contributed by atoms with van der Waals surface area (Å²) in [7, 11) is 0. The van der Waals surface area contributed by atoms with Crippen molar-refractivity contribution < 1.29 is 18.0 Å². The lowest BCUT2D eigenvalue weighted by molar-refractivity contribution is -0.137. The van der Waals surface area contributed by atoms with Gasteiger partial charge in [0.1, 0.15) is 6.54 Å². The maximum atomic E-state index is 11.9. The van der Waals surface area contributed by atoms with Gasteiger partial charge < -0.3 is 10.6 Å².